The van der Waals surface area contributed by atoms with Crippen LogP contribution < -0.4 is 4.74 Å². The largest absolute Gasteiger partial charge is 0.497 e. The van der Waals surface area contributed by atoms with Gasteiger partial charge in [-0.05, 0) is 35.5 Å². The van der Waals surface area contributed by atoms with Crippen molar-refractivity contribution in [1.29, 1.82) is 0 Å². The molecule has 0 fully saturated rings. The van der Waals surface area contributed by atoms with Crippen molar-refractivity contribution in [2.75, 3.05) is 20.3 Å². The van der Waals surface area contributed by atoms with Crippen LogP contribution >= 0.6 is 0 Å². The number of ether oxygens (including phenoxy) is 4. The normalized spacial score (nSPS) is 12.8. The van der Waals surface area contributed by atoms with E-state index in [0.717, 1.165) is 30.6 Å². The molecule has 0 aliphatic rings. The molecule has 156 valence electrons. The number of hydrogen-bond acceptors (Lipinski definition) is 5. The van der Waals surface area contributed by atoms with Crippen LogP contribution in [0.3, 0.4) is 0 Å². The highest BCUT2D eigenvalue weighted by Crippen LogP contribution is 2.21. The first-order chi connectivity index (χ1) is 14.1. The van der Waals surface area contributed by atoms with Gasteiger partial charge in [-0.25, -0.2) is 0 Å². The summed E-state index contributed by atoms with van der Waals surface area (Å²) in [5.74, 6) is 0.713. The number of carbonyl (C=O) groups excluding carboxylic acids is 1. The van der Waals surface area contributed by atoms with Crippen molar-refractivity contribution in [3.05, 3.63) is 65.7 Å². The molecular formula is C23H31BO5. The molecule has 0 spiro atoms. The molecule has 0 aliphatic carbocycles. The zero-order valence-electron chi connectivity index (χ0n) is 17.6. The Morgan fingerprint density at radius 3 is 2.24 bits per heavy atom. The minimum atomic E-state index is -0.285. The van der Waals surface area contributed by atoms with Crippen LogP contribution in [0.25, 0.3) is 0 Å². The maximum Gasteiger partial charge on any atom is 0.302 e. The van der Waals surface area contributed by atoms with Gasteiger partial charge in [0.15, 0.2) is 0 Å². The number of methoxy groups -OCH3 is 1. The second kappa shape index (κ2) is 13.0. The first kappa shape index (κ1) is 23.0. The van der Waals surface area contributed by atoms with Gasteiger partial charge in [0.1, 0.15) is 19.1 Å². The van der Waals surface area contributed by atoms with E-state index in [2.05, 4.69) is 6.82 Å². The van der Waals surface area contributed by atoms with E-state index in [1.807, 2.05) is 54.6 Å². The average molecular weight is 398 g/mol. The molecule has 0 bridgehead atoms. The Bertz CT molecular complexity index is 705. The predicted octanol–water partition coefficient (Wildman–Crippen LogP) is 4.02. The Morgan fingerprint density at radius 2 is 1.62 bits per heavy atom. The maximum absolute atomic E-state index is 11.6. The summed E-state index contributed by atoms with van der Waals surface area (Å²) in [5, 5.41) is 0. The quantitative estimate of drug-likeness (QED) is 0.290. The summed E-state index contributed by atoms with van der Waals surface area (Å²) in [7, 11) is 2.53. The van der Waals surface area contributed by atoms with Crippen LogP contribution in [-0.4, -0.2) is 39.7 Å². The van der Waals surface area contributed by atoms with Gasteiger partial charge < -0.3 is 18.9 Å². The van der Waals surface area contributed by atoms with Crippen LogP contribution in [0.15, 0.2) is 54.6 Å². The van der Waals surface area contributed by atoms with Crippen LogP contribution in [0, 0.1) is 0 Å². The molecule has 0 aliphatic heterocycles. The lowest BCUT2D eigenvalue weighted by Gasteiger charge is -2.25. The Morgan fingerprint density at radius 1 is 0.966 bits per heavy atom. The molecule has 29 heavy (non-hydrogen) atoms. The molecule has 0 saturated carbocycles. The highest BCUT2D eigenvalue weighted by atomic mass is 16.6. The van der Waals surface area contributed by atoms with E-state index in [0.29, 0.717) is 26.4 Å². The van der Waals surface area contributed by atoms with Crippen molar-refractivity contribution in [3.63, 3.8) is 0 Å². The van der Waals surface area contributed by atoms with Gasteiger partial charge in [0.25, 0.3) is 0 Å². The van der Waals surface area contributed by atoms with E-state index in [1.165, 1.54) is 6.92 Å². The number of carbonyl (C=O) groups is 1. The van der Waals surface area contributed by atoms with Gasteiger partial charge >= 0.3 is 5.97 Å². The van der Waals surface area contributed by atoms with Gasteiger partial charge in [-0.1, -0.05) is 49.3 Å². The fourth-order valence-corrected chi connectivity index (χ4v) is 3.15. The van der Waals surface area contributed by atoms with Crippen molar-refractivity contribution >= 4 is 13.2 Å². The summed E-state index contributed by atoms with van der Waals surface area (Å²) in [6.45, 7) is 5.57. The molecule has 6 heteroatoms. The van der Waals surface area contributed by atoms with Crippen LogP contribution in [0.4, 0.5) is 0 Å². The first-order valence-electron chi connectivity index (χ1n) is 10.1. The fourth-order valence-electron chi connectivity index (χ4n) is 3.15. The van der Waals surface area contributed by atoms with Crippen molar-refractivity contribution in [3.8, 4) is 5.75 Å². The minimum Gasteiger partial charge on any atom is -0.497 e. The monoisotopic (exact) mass is 398 g/mol. The van der Waals surface area contributed by atoms with E-state index < -0.39 is 0 Å². The molecule has 2 rings (SSSR count). The predicted molar refractivity (Wildman–Crippen MR) is 116 cm³/mol. The van der Waals surface area contributed by atoms with Crippen molar-refractivity contribution in [1.82, 2.24) is 0 Å². The van der Waals surface area contributed by atoms with Crippen molar-refractivity contribution < 1.29 is 23.7 Å². The Hall–Kier alpha value is -2.31. The summed E-state index contributed by atoms with van der Waals surface area (Å²) >= 11 is 0. The first-order valence-corrected chi connectivity index (χ1v) is 10.1. The zero-order valence-corrected chi connectivity index (χ0v) is 17.6. The van der Waals surface area contributed by atoms with Gasteiger partial charge in [0, 0.05) is 13.5 Å². The molecule has 2 aromatic rings. The van der Waals surface area contributed by atoms with Gasteiger partial charge in [-0.15, -0.1) is 0 Å². The number of hydrogen-bond donors (Lipinski definition) is 0. The van der Waals surface area contributed by atoms with E-state index >= 15 is 0 Å². The number of esters is 1. The molecule has 2 atom stereocenters. The molecular weight excluding hydrogens is 367 g/mol. The summed E-state index contributed by atoms with van der Waals surface area (Å²) in [6.07, 6.45) is 0.531. The van der Waals surface area contributed by atoms with E-state index in [-0.39, 0.29) is 17.9 Å². The topological polar surface area (TPSA) is 54.0 Å². The SMILES string of the molecule is CB[C@H](CCOCc1ccccc1)[C@@H](COCc1ccc(OC)cc1)OC(C)=O. The molecule has 0 amide bonds. The molecule has 0 unspecified atom stereocenters. The van der Waals surface area contributed by atoms with Gasteiger partial charge in [0.05, 0.1) is 26.9 Å². The molecule has 0 heterocycles. The van der Waals surface area contributed by atoms with E-state index in [4.69, 9.17) is 18.9 Å². The smallest absolute Gasteiger partial charge is 0.302 e. The third-order valence-electron chi connectivity index (χ3n) is 4.82. The summed E-state index contributed by atoms with van der Waals surface area (Å²) < 4.78 is 22.4. The number of benzene rings is 2. The molecule has 0 N–H and O–H groups in total. The van der Waals surface area contributed by atoms with Crippen LogP contribution in [0.2, 0.25) is 12.6 Å². The summed E-state index contributed by atoms with van der Waals surface area (Å²) in [5.41, 5.74) is 2.20. The van der Waals surface area contributed by atoms with Crippen LogP contribution in [-0.2, 0) is 32.2 Å². The highest BCUT2D eigenvalue weighted by Gasteiger charge is 2.23. The lowest BCUT2D eigenvalue weighted by molar-refractivity contribution is -0.150. The molecule has 0 radical (unpaired) electrons. The standard InChI is InChI=1S/C23H31BO5/c1-18(25)29-23(17-28-16-20-9-11-21(26-3)12-10-20)22(24-2)13-14-27-15-19-7-5-4-6-8-19/h4-12,22-24H,13-17H2,1-3H3/t22-,23-/m1/s1. The van der Waals surface area contributed by atoms with Gasteiger partial charge in [-0.2, -0.15) is 0 Å². The van der Waals surface area contributed by atoms with Gasteiger partial charge in [0.2, 0.25) is 0 Å². The maximum atomic E-state index is 11.6. The van der Waals surface area contributed by atoms with E-state index in [1.54, 1.807) is 7.11 Å². The Balaban J connectivity index is 1.80. The lowest BCUT2D eigenvalue weighted by atomic mass is 9.63. The fraction of sp³-hybridized carbons (Fsp3) is 0.435. The van der Waals surface area contributed by atoms with Crippen molar-refractivity contribution in [2.24, 2.45) is 0 Å². The number of rotatable bonds is 13. The second-order valence-electron chi connectivity index (χ2n) is 7.01. The lowest BCUT2D eigenvalue weighted by Crippen LogP contribution is -2.30. The Kier molecular flexibility index (Phi) is 10.3. The molecule has 0 saturated heterocycles. The summed E-state index contributed by atoms with van der Waals surface area (Å²) in [4.78, 5) is 11.6. The third-order valence-corrected chi connectivity index (χ3v) is 4.82. The molecule has 2 aromatic carbocycles. The van der Waals surface area contributed by atoms with E-state index in [9.17, 15) is 4.79 Å². The van der Waals surface area contributed by atoms with Gasteiger partial charge in [-0.3, -0.25) is 4.79 Å². The third kappa shape index (κ3) is 8.71. The van der Waals surface area contributed by atoms with Crippen molar-refractivity contribution in [2.45, 2.75) is 45.3 Å². The van der Waals surface area contributed by atoms with Crippen LogP contribution in [0.5, 0.6) is 5.75 Å². The highest BCUT2D eigenvalue weighted by molar-refractivity contribution is 6.36. The molecule has 5 nitrogen and oxygen atoms in total. The zero-order chi connectivity index (χ0) is 20.9. The second-order valence-corrected chi connectivity index (χ2v) is 7.01. The molecule has 0 aromatic heterocycles. The Labute approximate surface area is 174 Å². The van der Waals surface area contributed by atoms with Crippen LogP contribution in [0.1, 0.15) is 24.5 Å². The minimum absolute atomic E-state index is 0.186. The average Bonchev–Trinajstić information content (AvgIpc) is 2.74. The summed E-state index contributed by atoms with van der Waals surface area (Å²) in [6, 6.07) is 17.8.